The first-order valence-corrected chi connectivity index (χ1v) is 7.74. The molecule has 0 radical (unpaired) electrons. The Balaban J connectivity index is 3.48. The van der Waals surface area contributed by atoms with Crippen molar-refractivity contribution in [2.45, 2.75) is 47.5 Å². The van der Waals surface area contributed by atoms with Gasteiger partial charge >= 0.3 is 0 Å². The van der Waals surface area contributed by atoms with Gasteiger partial charge in [0.05, 0.1) is 0 Å². The maximum Gasteiger partial charge on any atom is -0.0120 e. The molecule has 0 aliphatic rings. The van der Waals surface area contributed by atoms with Gasteiger partial charge in [0.15, 0.2) is 0 Å². The molecule has 0 atom stereocenters. The van der Waals surface area contributed by atoms with Gasteiger partial charge in [0, 0.05) is 0 Å². The van der Waals surface area contributed by atoms with Gasteiger partial charge in [0.1, 0.15) is 0 Å². The standard InChI is InChI=1S/C21H28/c1-8-10-11-17(5)19(7)21(16(4)9-2)20-14-15(3)12-13-18(20)6/h10-14H,4-5,8-9H2,1-3,6-7H3/b11-10-,21-19+. The lowest BCUT2D eigenvalue weighted by molar-refractivity contribution is 1.15. The molecule has 112 valence electrons. The number of rotatable bonds is 6. The first kappa shape index (κ1) is 17.2. The van der Waals surface area contributed by atoms with Crippen LogP contribution >= 0.6 is 0 Å². The maximum absolute atomic E-state index is 4.28. The number of hydrogen-bond acceptors (Lipinski definition) is 0. The molecule has 0 spiro atoms. The fourth-order valence-electron chi connectivity index (χ4n) is 2.39. The van der Waals surface area contributed by atoms with E-state index in [0.717, 1.165) is 18.4 Å². The molecule has 1 rings (SSSR count). The minimum atomic E-state index is 0.949. The van der Waals surface area contributed by atoms with Crippen LogP contribution in [0.4, 0.5) is 0 Å². The molecule has 0 fully saturated rings. The summed E-state index contributed by atoms with van der Waals surface area (Å²) in [6, 6.07) is 6.60. The molecule has 0 heteroatoms. The lowest BCUT2D eigenvalue weighted by Crippen LogP contribution is -1.97. The monoisotopic (exact) mass is 280 g/mol. The molecular formula is C21H28. The van der Waals surface area contributed by atoms with Crippen molar-refractivity contribution < 1.29 is 0 Å². The third-order valence-electron chi connectivity index (χ3n) is 3.85. The van der Waals surface area contributed by atoms with Crippen molar-refractivity contribution in [3.05, 3.63) is 76.9 Å². The van der Waals surface area contributed by atoms with E-state index in [0.29, 0.717) is 0 Å². The Bertz CT molecular complexity index is 594. The quantitative estimate of drug-likeness (QED) is 0.517. The van der Waals surface area contributed by atoms with Crippen LogP contribution in [-0.2, 0) is 0 Å². The number of aryl methyl sites for hydroxylation is 2. The van der Waals surface area contributed by atoms with Crippen LogP contribution in [0.25, 0.3) is 5.57 Å². The molecule has 0 bridgehead atoms. The lowest BCUT2D eigenvalue weighted by atomic mass is 9.87. The molecule has 0 aliphatic heterocycles. The zero-order valence-corrected chi connectivity index (χ0v) is 14.2. The predicted octanol–water partition coefficient (Wildman–Crippen LogP) is 6.57. The Morgan fingerprint density at radius 2 is 1.81 bits per heavy atom. The van der Waals surface area contributed by atoms with E-state index in [-0.39, 0.29) is 0 Å². The van der Waals surface area contributed by atoms with Crippen molar-refractivity contribution in [3.63, 3.8) is 0 Å². The Morgan fingerprint density at radius 3 is 2.38 bits per heavy atom. The summed E-state index contributed by atoms with van der Waals surface area (Å²) in [5, 5.41) is 0. The van der Waals surface area contributed by atoms with Crippen LogP contribution in [0, 0.1) is 13.8 Å². The van der Waals surface area contributed by atoms with Crippen molar-refractivity contribution in [2.24, 2.45) is 0 Å². The molecule has 0 aliphatic carbocycles. The number of allylic oxidation sites excluding steroid dienone is 6. The Morgan fingerprint density at radius 1 is 1.14 bits per heavy atom. The Hall–Kier alpha value is -1.82. The van der Waals surface area contributed by atoms with E-state index >= 15 is 0 Å². The van der Waals surface area contributed by atoms with Crippen molar-refractivity contribution >= 4 is 5.57 Å². The zero-order chi connectivity index (χ0) is 16.0. The minimum absolute atomic E-state index is 0.949. The second-order valence-electron chi connectivity index (χ2n) is 5.61. The smallest absolute Gasteiger partial charge is 0.0120 e. The summed E-state index contributed by atoms with van der Waals surface area (Å²) in [7, 11) is 0. The zero-order valence-electron chi connectivity index (χ0n) is 14.2. The van der Waals surface area contributed by atoms with Crippen LogP contribution in [0.15, 0.2) is 60.2 Å². The highest BCUT2D eigenvalue weighted by atomic mass is 14.2. The second-order valence-corrected chi connectivity index (χ2v) is 5.61. The highest BCUT2D eigenvalue weighted by Gasteiger charge is 2.12. The average Bonchev–Trinajstić information content (AvgIpc) is 2.47. The normalized spacial score (nSPS) is 12.4. The molecule has 0 aromatic heterocycles. The Labute approximate surface area is 130 Å². The van der Waals surface area contributed by atoms with Gasteiger partial charge in [0.25, 0.3) is 0 Å². The van der Waals surface area contributed by atoms with Crippen LogP contribution in [0.3, 0.4) is 0 Å². The van der Waals surface area contributed by atoms with Crippen molar-refractivity contribution in [1.29, 1.82) is 0 Å². The van der Waals surface area contributed by atoms with E-state index in [2.05, 4.69) is 78.1 Å². The van der Waals surface area contributed by atoms with Crippen LogP contribution in [0.5, 0.6) is 0 Å². The fraction of sp³-hybridized carbons (Fsp3) is 0.333. The fourth-order valence-corrected chi connectivity index (χ4v) is 2.39. The van der Waals surface area contributed by atoms with Crippen LogP contribution in [-0.4, -0.2) is 0 Å². The highest BCUT2D eigenvalue weighted by molar-refractivity contribution is 5.85. The third kappa shape index (κ3) is 4.32. The molecule has 0 unspecified atom stereocenters. The summed E-state index contributed by atoms with van der Waals surface area (Å²) < 4.78 is 0. The molecule has 21 heavy (non-hydrogen) atoms. The van der Waals surface area contributed by atoms with Crippen molar-refractivity contribution in [3.8, 4) is 0 Å². The maximum atomic E-state index is 4.28. The van der Waals surface area contributed by atoms with E-state index in [1.807, 2.05) is 0 Å². The van der Waals surface area contributed by atoms with E-state index in [1.54, 1.807) is 0 Å². The van der Waals surface area contributed by atoms with Gasteiger partial charge < -0.3 is 0 Å². The van der Waals surface area contributed by atoms with Gasteiger partial charge in [-0.1, -0.05) is 62.9 Å². The molecule has 1 aromatic carbocycles. The molecule has 0 heterocycles. The molecule has 0 amide bonds. The topological polar surface area (TPSA) is 0 Å². The summed E-state index contributed by atoms with van der Waals surface area (Å²) in [6.45, 7) is 19.3. The van der Waals surface area contributed by atoms with E-state index in [4.69, 9.17) is 0 Å². The van der Waals surface area contributed by atoms with Gasteiger partial charge in [-0.05, 0) is 67.0 Å². The molecule has 0 nitrogen and oxygen atoms in total. The van der Waals surface area contributed by atoms with Crippen LogP contribution in [0.1, 0.15) is 50.3 Å². The van der Waals surface area contributed by atoms with Crippen molar-refractivity contribution in [1.82, 2.24) is 0 Å². The summed E-state index contributed by atoms with van der Waals surface area (Å²) in [5.41, 5.74) is 8.57. The van der Waals surface area contributed by atoms with E-state index in [9.17, 15) is 0 Å². The summed E-state index contributed by atoms with van der Waals surface area (Å²) >= 11 is 0. The van der Waals surface area contributed by atoms with Crippen LogP contribution < -0.4 is 0 Å². The first-order valence-electron chi connectivity index (χ1n) is 7.74. The van der Waals surface area contributed by atoms with Gasteiger partial charge in [-0.15, -0.1) is 0 Å². The number of benzene rings is 1. The van der Waals surface area contributed by atoms with Gasteiger partial charge in [-0.3, -0.25) is 0 Å². The molecular weight excluding hydrogens is 252 g/mol. The molecule has 1 aromatic rings. The van der Waals surface area contributed by atoms with E-state index < -0.39 is 0 Å². The summed E-state index contributed by atoms with van der Waals surface area (Å²) in [6.07, 6.45) is 6.25. The molecule has 0 N–H and O–H groups in total. The summed E-state index contributed by atoms with van der Waals surface area (Å²) in [4.78, 5) is 0. The van der Waals surface area contributed by atoms with Gasteiger partial charge in [0.2, 0.25) is 0 Å². The second kappa shape index (κ2) is 7.83. The highest BCUT2D eigenvalue weighted by Crippen LogP contribution is 2.33. The van der Waals surface area contributed by atoms with Crippen molar-refractivity contribution in [2.75, 3.05) is 0 Å². The lowest BCUT2D eigenvalue weighted by Gasteiger charge is -2.18. The van der Waals surface area contributed by atoms with Crippen LogP contribution in [0.2, 0.25) is 0 Å². The predicted molar refractivity (Wildman–Crippen MR) is 96.5 cm³/mol. The van der Waals surface area contributed by atoms with Gasteiger partial charge in [-0.2, -0.15) is 0 Å². The molecule has 0 saturated carbocycles. The first-order chi connectivity index (χ1) is 9.92. The van der Waals surface area contributed by atoms with E-state index in [1.165, 1.54) is 33.4 Å². The minimum Gasteiger partial charge on any atom is -0.0952 e. The number of hydrogen-bond donors (Lipinski definition) is 0. The summed E-state index contributed by atoms with van der Waals surface area (Å²) in [5.74, 6) is 0. The van der Waals surface area contributed by atoms with Gasteiger partial charge in [-0.25, -0.2) is 0 Å². The largest absolute Gasteiger partial charge is 0.0952 e. The molecule has 0 saturated heterocycles. The Kier molecular flexibility index (Phi) is 6.42. The third-order valence-corrected chi connectivity index (χ3v) is 3.85. The SMILES string of the molecule is C=C(/C=C\CC)/C(C)=C(\C(=C)CC)c1cc(C)ccc1C. The average molecular weight is 280 g/mol.